The third-order valence-electron chi connectivity index (χ3n) is 3.11. The van der Waals surface area contributed by atoms with Crippen LogP contribution in [-0.2, 0) is 9.53 Å². The van der Waals surface area contributed by atoms with Gasteiger partial charge in [0, 0.05) is 24.2 Å². The molecule has 1 aromatic rings. The van der Waals surface area contributed by atoms with Crippen LogP contribution in [0.2, 0.25) is 5.02 Å². The van der Waals surface area contributed by atoms with Crippen molar-refractivity contribution in [2.45, 2.75) is 26.0 Å². The van der Waals surface area contributed by atoms with Gasteiger partial charge in [0.15, 0.2) is 6.10 Å². The molecule has 2 unspecified atom stereocenters. The average molecular weight is 286 g/mol. The second-order valence-corrected chi connectivity index (χ2v) is 4.89. The topological polar surface area (TPSA) is 49.8 Å². The molecule has 1 N–H and O–H groups in total. The molecule has 106 valence electrons. The van der Waals surface area contributed by atoms with Crippen LogP contribution < -0.4 is 0 Å². The van der Waals surface area contributed by atoms with Crippen LogP contribution >= 0.6 is 11.6 Å². The smallest absolute Gasteiger partial charge is 0.334 e. The fraction of sp³-hybridized carbons (Fsp3) is 0.500. The molecule has 0 fully saturated rings. The number of aliphatic carboxylic acids is 1. The third-order valence-corrected chi connectivity index (χ3v) is 3.36. The lowest BCUT2D eigenvalue weighted by atomic mass is 10.1. The minimum Gasteiger partial charge on any atom is -0.479 e. The number of carbonyl (C=O) groups is 1. The lowest BCUT2D eigenvalue weighted by Crippen LogP contribution is -2.38. The Morgan fingerprint density at radius 2 is 2.00 bits per heavy atom. The number of likely N-dealkylation sites (N-methyl/N-ethyl adjacent to an activating group) is 1. The van der Waals surface area contributed by atoms with Gasteiger partial charge in [-0.2, -0.15) is 0 Å². The molecule has 0 spiro atoms. The minimum absolute atomic E-state index is 0.0968. The number of rotatable bonds is 7. The van der Waals surface area contributed by atoms with E-state index in [9.17, 15) is 4.79 Å². The summed E-state index contributed by atoms with van der Waals surface area (Å²) in [7, 11) is 1.88. The van der Waals surface area contributed by atoms with Crippen LogP contribution in [0.5, 0.6) is 0 Å². The number of halogens is 1. The van der Waals surface area contributed by atoms with Crippen molar-refractivity contribution in [3.8, 4) is 0 Å². The normalized spacial score (nSPS) is 14.4. The average Bonchev–Trinajstić information content (AvgIpc) is 2.38. The first-order chi connectivity index (χ1) is 8.95. The van der Waals surface area contributed by atoms with E-state index in [0.29, 0.717) is 18.2 Å². The number of benzene rings is 1. The van der Waals surface area contributed by atoms with Crippen molar-refractivity contribution >= 4 is 17.6 Å². The van der Waals surface area contributed by atoms with Gasteiger partial charge in [-0.15, -0.1) is 0 Å². The highest BCUT2D eigenvalue weighted by atomic mass is 35.5. The highest BCUT2D eigenvalue weighted by molar-refractivity contribution is 6.30. The summed E-state index contributed by atoms with van der Waals surface area (Å²) in [6.07, 6.45) is -0.801. The predicted octanol–water partition coefficient (Wildman–Crippen LogP) is 2.82. The molecular weight excluding hydrogens is 266 g/mol. The van der Waals surface area contributed by atoms with Gasteiger partial charge in [0.05, 0.1) is 0 Å². The fourth-order valence-electron chi connectivity index (χ4n) is 1.82. The van der Waals surface area contributed by atoms with Gasteiger partial charge in [0.2, 0.25) is 0 Å². The van der Waals surface area contributed by atoms with E-state index < -0.39 is 12.1 Å². The Morgan fingerprint density at radius 1 is 1.42 bits per heavy atom. The maximum absolute atomic E-state index is 11.1. The molecule has 0 aliphatic carbocycles. The summed E-state index contributed by atoms with van der Waals surface area (Å²) in [4.78, 5) is 13.0. The Morgan fingerprint density at radius 3 is 2.47 bits per heavy atom. The summed E-state index contributed by atoms with van der Waals surface area (Å²) in [5.74, 6) is -0.933. The summed E-state index contributed by atoms with van der Waals surface area (Å²) >= 11 is 5.85. The molecule has 0 bridgehead atoms. The Labute approximate surface area is 118 Å². The van der Waals surface area contributed by atoms with Gasteiger partial charge in [-0.25, -0.2) is 4.79 Å². The molecule has 0 heterocycles. The lowest BCUT2D eigenvalue weighted by molar-refractivity contribution is -0.151. The van der Waals surface area contributed by atoms with E-state index >= 15 is 0 Å². The number of ether oxygens (including phenoxy) is 1. The van der Waals surface area contributed by atoms with E-state index in [2.05, 4.69) is 0 Å². The number of hydrogen-bond acceptors (Lipinski definition) is 3. The van der Waals surface area contributed by atoms with Crippen molar-refractivity contribution in [2.24, 2.45) is 0 Å². The minimum atomic E-state index is -0.933. The van der Waals surface area contributed by atoms with Crippen LogP contribution in [0.1, 0.15) is 25.5 Å². The largest absolute Gasteiger partial charge is 0.479 e. The molecule has 0 amide bonds. The molecular formula is C14H20ClNO3. The zero-order valence-electron chi connectivity index (χ0n) is 11.5. The number of nitrogens with zero attached hydrogens (tertiary/aromatic N) is 1. The molecule has 5 heteroatoms. The molecule has 0 aromatic heterocycles. The second-order valence-electron chi connectivity index (χ2n) is 4.45. The Bertz CT molecular complexity index is 408. The third kappa shape index (κ3) is 4.82. The van der Waals surface area contributed by atoms with E-state index in [1.807, 2.05) is 43.1 Å². The van der Waals surface area contributed by atoms with Crippen LogP contribution in [0, 0.1) is 0 Å². The monoisotopic (exact) mass is 285 g/mol. The first-order valence-corrected chi connectivity index (χ1v) is 6.63. The zero-order valence-corrected chi connectivity index (χ0v) is 12.2. The first-order valence-electron chi connectivity index (χ1n) is 6.25. The molecule has 0 radical (unpaired) electrons. The fourth-order valence-corrected chi connectivity index (χ4v) is 1.94. The maximum Gasteiger partial charge on any atom is 0.334 e. The Kier molecular flexibility index (Phi) is 6.28. The molecule has 1 rings (SSSR count). The van der Waals surface area contributed by atoms with Gasteiger partial charge < -0.3 is 9.84 Å². The van der Waals surface area contributed by atoms with Gasteiger partial charge in [0.1, 0.15) is 0 Å². The van der Waals surface area contributed by atoms with Crippen LogP contribution in [0.25, 0.3) is 0 Å². The van der Waals surface area contributed by atoms with Gasteiger partial charge in [-0.1, -0.05) is 23.7 Å². The molecule has 2 atom stereocenters. The van der Waals surface area contributed by atoms with Crippen molar-refractivity contribution in [1.82, 2.24) is 4.90 Å². The van der Waals surface area contributed by atoms with E-state index in [0.717, 1.165) is 5.56 Å². The van der Waals surface area contributed by atoms with Crippen molar-refractivity contribution < 1.29 is 14.6 Å². The van der Waals surface area contributed by atoms with Crippen molar-refractivity contribution in [1.29, 1.82) is 0 Å². The summed E-state index contributed by atoms with van der Waals surface area (Å²) < 4.78 is 5.22. The van der Waals surface area contributed by atoms with Crippen LogP contribution in [-0.4, -0.2) is 42.3 Å². The van der Waals surface area contributed by atoms with E-state index in [-0.39, 0.29) is 6.04 Å². The molecule has 0 saturated heterocycles. The highest BCUT2D eigenvalue weighted by Gasteiger charge is 2.22. The Hall–Kier alpha value is -1.10. The van der Waals surface area contributed by atoms with Crippen LogP contribution in [0.4, 0.5) is 0 Å². The van der Waals surface area contributed by atoms with Gasteiger partial charge in [-0.05, 0) is 38.6 Å². The van der Waals surface area contributed by atoms with Crippen LogP contribution in [0.3, 0.4) is 0 Å². The first kappa shape index (κ1) is 16.0. The highest BCUT2D eigenvalue weighted by Crippen LogP contribution is 2.21. The number of hydrogen-bond donors (Lipinski definition) is 1. The van der Waals surface area contributed by atoms with Crippen molar-refractivity contribution in [3.05, 3.63) is 34.9 Å². The Balaban J connectivity index is 2.68. The van der Waals surface area contributed by atoms with E-state index in [1.54, 1.807) is 6.92 Å². The molecule has 4 nitrogen and oxygen atoms in total. The van der Waals surface area contributed by atoms with E-state index in [1.165, 1.54) is 0 Å². The van der Waals surface area contributed by atoms with Crippen LogP contribution in [0.15, 0.2) is 24.3 Å². The number of carboxylic acid groups (broad SMARTS) is 1. The molecule has 1 aromatic carbocycles. The van der Waals surface area contributed by atoms with Gasteiger partial charge in [0.25, 0.3) is 0 Å². The second kappa shape index (κ2) is 7.48. The van der Waals surface area contributed by atoms with Gasteiger partial charge in [-0.3, -0.25) is 4.90 Å². The zero-order chi connectivity index (χ0) is 14.4. The molecule has 19 heavy (non-hydrogen) atoms. The molecule has 0 aliphatic rings. The van der Waals surface area contributed by atoms with Crippen molar-refractivity contribution in [2.75, 3.05) is 20.2 Å². The summed E-state index contributed by atoms with van der Waals surface area (Å²) in [6, 6.07) is 7.65. The maximum atomic E-state index is 11.1. The summed E-state index contributed by atoms with van der Waals surface area (Å²) in [5, 5.41) is 9.76. The number of carboxylic acids is 1. The predicted molar refractivity (Wildman–Crippen MR) is 75.5 cm³/mol. The van der Waals surface area contributed by atoms with Crippen molar-refractivity contribution in [3.63, 3.8) is 0 Å². The summed E-state index contributed by atoms with van der Waals surface area (Å²) in [6.45, 7) is 4.54. The van der Waals surface area contributed by atoms with E-state index in [4.69, 9.17) is 21.4 Å². The molecule has 0 aliphatic heterocycles. The standard InChI is InChI=1S/C14H20ClNO3/c1-4-19-13(14(17)18)9-16(3)10(2)11-5-7-12(15)8-6-11/h5-8,10,13H,4,9H2,1-3H3,(H,17,18). The lowest BCUT2D eigenvalue weighted by Gasteiger charge is -2.27. The quantitative estimate of drug-likeness (QED) is 0.837. The van der Waals surface area contributed by atoms with Gasteiger partial charge >= 0.3 is 5.97 Å². The summed E-state index contributed by atoms with van der Waals surface area (Å²) in [5.41, 5.74) is 1.09. The SMILES string of the molecule is CCOC(CN(C)C(C)c1ccc(Cl)cc1)C(=O)O. The molecule has 0 saturated carbocycles.